The molecule has 1 N–H and O–H groups in total. The Bertz CT molecular complexity index is 1090. The minimum Gasteiger partial charge on any atom is -0.298 e. The molecule has 3 aromatic heterocycles. The van der Waals surface area contributed by atoms with Crippen LogP contribution >= 0.6 is 22.7 Å². The molecule has 1 aromatic carbocycles. The van der Waals surface area contributed by atoms with Crippen molar-refractivity contribution in [3.05, 3.63) is 87.6 Å². The predicted octanol–water partition coefficient (Wildman–Crippen LogP) is 4.75. The number of thiazole rings is 1. The first-order valence-electron chi connectivity index (χ1n) is 8.08. The summed E-state index contributed by atoms with van der Waals surface area (Å²) in [6, 6.07) is 15.9. The molecule has 0 aliphatic carbocycles. The lowest BCUT2D eigenvalue weighted by molar-refractivity contribution is 0.0998. The summed E-state index contributed by atoms with van der Waals surface area (Å²) >= 11 is 2.67. The van der Waals surface area contributed by atoms with E-state index < -0.39 is 0 Å². The Balaban J connectivity index is 1.58. The van der Waals surface area contributed by atoms with Crippen molar-refractivity contribution >= 4 is 39.5 Å². The van der Waals surface area contributed by atoms with Gasteiger partial charge in [-0.05, 0) is 29.6 Å². The third kappa shape index (κ3) is 3.69. The average Bonchev–Trinajstić information content (AvgIpc) is 3.40. The molecule has 0 aliphatic heterocycles. The summed E-state index contributed by atoms with van der Waals surface area (Å²) in [6.07, 6.45) is 1.69. The standard InChI is InChI=1S/C20H13N3O2S2/c24-18(17-9-5-11-26-17)13-6-1-2-7-14(13)19(25)23-20-22-16(12-27-20)15-8-3-4-10-21-15/h1-12H,(H,22,23,25). The summed E-state index contributed by atoms with van der Waals surface area (Å²) in [4.78, 5) is 34.7. The van der Waals surface area contributed by atoms with Gasteiger partial charge in [-0.25, -0.2) is 4.98 Å². The zero-order chi connectivity index (χ0) is 18.6. The Morgan fingerprint density at radius 3 is 2.41 bits per heavy atom. The van der Waals surface area contributed by atoms with E-state index >= 15 is 0 Å². The third-order valence-corrected chi connectivity index (χ3v) is 5.44. The zero-order valence-electron chi connectivity index (χ0n) is 14.0. The summed E-state index contributed by atoms with van der Waals surface area (Å²) in [5.74, 6) is -0.526. The number of ketones is 1. The van der Waals surface area contributed by atoms with E-state index in [1.54, 1.807) is 36.5 Å². The quantitative estimate of drug-likeness (QED) is 0.498. The molecular weight excluding hydrogens is 378 g/mol. The third-order valence-electron chi connectivity index (χ3n) is 3.81. The van der Waals surface area contributed by atoms with Gasteiger partial charge in [-0.15, -0.1) is 22.7 Å². The van der Waals surface area contributed by atoms with Crippen LogP contribution in [0.2, 0.25) is 0 Å². The first-order valence-corrected chi connectivity index (χ1v) is 9.84. The van der Waals surface area contributed by atoms with Crippen molar-refractivity contribution < 1.29 is 9.59 Å². The van der Waals surface area contributed by atoms with Crippen LogP contribution in [0, 0.1) is 0 Å². The molecule has 0 saturated heterocycles. The fourth-order valence-corrected chi connectivity index (χ4v) is 3.92. The van der Waals surface area contributed by atoms with Gasteiger partial charge in [0.05, 0.1) is 16.1 Å². The SMILES string of the molecule is O=C(Nc1nc(-c2ccccn2)cs1)c1ccccc1C(=O)c1cccs1. The van der Waals surface area contributed by atoms with Gasteiger partial charge in [-0.1, -0.05) is 30.3 Å². The minimum absolute atomic E-state index is 0.163. The Morgan fingerprint density at radius 2 is 1.67 bits per heavy atom. The number of anilines is 1. The number of nitrogens with one attached hydrogen (secondary N) is 1. The largest absolute Gasteiger partial charge is 0.298 e. The highest BCUT2D eigenvalue weighted by atomic mass is 32.1. The van der Waals surface area contributed by atoms with Crippen LogP contribution in [0.3, 0.4) is 0 Å². The molecule has 4 rings (SSSR count). The van der Waals surface area contributed by atoms with Gasteiger partial charge < -0.3 is 0 Å². The lowest BCUT2D eigenvalue weighted by Crippen LogP contribution is -2.16. The molecule has 7 heteroatoms. The van der Waals surface area contributed by atoms with E-state index in [0.717, 1.165) is 5.69 Å². The highest BCUT2D eigenvalue weighted by Crippen LogP contribution is 2.24. The molecule has 0 unspecified atom stereocenters. The van der Waals surface area contributed by atoms with E-state index in [9.17, 15) is 9.59 Å². The van der Waals surface area contributed by atoms with Crippen LogP contribution in [0.15, 0.2) is 71.6 Å². The van der Waals surface area contributed by atoms with Crippen LogP contribution in [0.4, 0.5) is 5.13 Å². The molecule has 0 fully saturated rings. The van der Waals surface area contributed by atoms with Gasteiger partial charge in [0.25, 0.3) is 5.91 Å². The van der Waals surface area contributed by atoms with Crippen molar-refractivity contribution in [2.75, 3.05) is 5.32 Å². The number of pyridine rings is 1. The molecule has 0 atom stereocenters. The van der Waals surface area contributed by atoms with Crippen LogP contribution in [-0.2, 0) is 0 Å². The number of benzene rings is 1. The number of thiophene rings is 1. The second-order valence-corrected chi connectivity index (χ2v) is 7.36. The van der Waals surface area contributed by atoms with Gasteiger partial charge in [-0.2, -0.15) is 0 Å². The molecule has 27 heavy (non-hydrogen) atoms. The summed E-state index contributed by atoms with van der Waals surface area (Å²) in [6.45, 7) is 0. The Morgan fingerprint density at radius 1 is 0.852 bits per heavy atom. The zero-order valence-corrected chi connectivity index (χ0v) is 15.6. The Kier molecular flexibility index (Phi) is 4.86. The molecule has 0 aliphatic rings. The molecule has 1 amide bonds. The summed E-state index contributed by atoms with van der Waals surface area (Å²) in [5.41, 5.74) is 2.13. The predicted molar refractivity (Wildman–Crippen MR) is 107 cm³/mol. The van der Waals surface area contributed by atoms with E-state index in [1.807, 2.05) is 35.0 Å². The van der Waals surface area contributed by atoms with Crippen molar-refractivity contribution in [2.45, 2.75) is 0 Å². The second-order valence-electron chi connectivity index (χ2n) is 5.56. The van der Waals surface area contributed by atoms with Crippen LogP contribution in [0.25, 0.3) is 11.4 Å². The number of rotatable bonds is 5. The van der Waals surface area contributed by atoms with Crippen LogP contribution in [-0.4, -0.2) is 21.7 Å². The van der Waals surface area contributed by atoms with Crippen molar-refractivity contribution in [1.29, 1.82) is 0 Å². The monoisotopic (exact) mass is 391 g/mol. The van der Waals surface area contributed by atoms with Crippen LogP contribution in [0.1, 0.15) is 25.6 Å². The van der Waals surface area contributed by atoms with Gasteiger partial charge in [0, 0.05) is 17.1 Å². The molecule has 0 saturated carbocycles. The lowest BCUT2D eigenvalue weighted by Gasteiger charge is -2.07. The summed E-state index contributed by atoms with van der Waals surface area (Å²) in [7, 11) is 0. The molecule has 132 valence electrons. The fourth-order valence-electron chi connectivity index (χ4n) is 2.55. The van der Waals surface area contributed by atoms with E-state index in [2.05, 4.69) is 15.3 Å². The number of carbonyl (C=O) groups excluding carboxylic acids is 2. The number of aromatic nitrogens is 2. The van der Waals surface area contributed by atoms with Crippen molar-refractivity contribution in [2.24, 2.45) is 0 Å². The topological polar surface area (TPSA) is 72.0 Å². The van der Waals surface area contributed by atoms with Gasteiger partial charge in [0.1, 0.15) is 5.69 Å². The number of hydrogen-bond donors (Lipinski definition) is 1. The average molecular weight is 391 g/mol. The lowest BCUT2D eigenvalue weighted by atomic mass is 10.0. The molecular formula is C20H13N3O2S2. The van der Waals surface area contributed by atoms with E-state index in [1.165, 1.54) is 22.7 Å². The Hall–Kier alpha value is -3.16. The van der Waals surface area contributed by atoms with Crippen LogP contribution < -0.4 is 5.32 Å². The molecule has 0 bridgehead atoms. The first kappa shape index (κ1) is 17.3. The maximum atomic E-state index is 12.7. The molecule has 5 nitrogen and oxygen atoms in total. The van der Waals surface area contributed by atoms with Crippen LogP contribution in [0.5, 0.6) is 0 Å². The molecule has 3 heterocycles. The van der Waals surface area contributed by atoms with Crippen molar-refractivity contribution in [1.82, 2.24) is 9.97 Å². The molecule has 0 spiro atoms. The Labute approximate surface area is 163 Å². The van der Waals surface area contributed by atoms with E-state index in [0.29, 0.717) is 26.8 Å². The normalized spacial score (nSPS) is 10.5. The van der Waals surface area contributed by atoms with Crippen molar-refractivity contribution in [3.8, 4) is 11.4 Å². The summed E-state index contributed by atoms with van der Waals surface area (Å²) in [5, 5.41) is 6.91. The first-order chi connectivity index (χ1) is 13.2. The number of amides is 1. The molecule has 0 radical (unpaired) electrons. The fraction of sp³-hybridized carbons (Fsp3) is 0. The highest BCUT2D eigenvalue weighted by molar-refractivity contribution is 7.14. The maximum absolute atomic E-state index is 12.7. The van der Waals surface area contributed by atoms with Gasteiger partial charge in [-0.3, -0.25) is 19.9 Å². The maximum Gasteiger partial charge on any atom is 0.258 e. The van der Waals surface area contributed by atoms with Gasteiger partial charge in [0.15, 0.2) is 5.13 Å². The van der Waals surface area contributed by atoms with E-state index in [-0.39, 0.29) is 11.7 Å². The second kappa shape index (κ2) is 7.61. The summed E-state index contributed by atoms with van der Waals surface area (Å²) < 4.78 is 0. The minimum atomic E-state index is -0.363. The highest BCUT2D eigenvalue weighted by Gasteiger charge is 2.19. The van der Waals surface area contributed by atoms with Gasteiger partial charge >= 0.3 is 0 Å². The van der Waals surface area contributed by atoms with E-state index in [4.69, 9.17) is 0 Å². The number of carbonyl (C=O) groups is 2. The smallest absolute Gasteiger partial charge is 0.258 e. The number of hydrogen-bond acceptors (Lipinski definition) is 6. The van der Waals surface area contributed by atoms with Gasteiger partial charge in [0.2, 0.25) is 5.78 Å². The van der Waals surface area contributed by atoms with Crippen molar-refractivity contribution in [3.63, 3.8) is 0 Å². The molecule has 4 aromatic rings. The number of nitrogens with zero attached hydrogens (tertiary/aromatic N) is 2.